The summed E-state index contributed by atoms with van der Waals surface area (Å²) in [6.45, 7) is 5.42. The first-order valence-electron chi connectivity index (χ1n) is 6.47. The molecule has 0 bridgehead atoms. The van der Waals surface area contributed by atoms with Crippen molar-refractivity contribution >= 4 is 12.1 Å². The summed E-state index contributed by atoms with van der Waals surface area (Å²) in [7, 11) is 0. The van der Waals surface area contributed by atoms with Crippen molar-refractivity contribution in [2.75, 3.05) is 0 Å². The Morgan fingerprint density at radius 3 is 2.44 bits per heavy atom. The van der Waals surface area contributed by atoms with Crippen LogP contribution in [0.2, 0.25) is 0 Å². The Kier molecular flexibility index (Phi) is 4.99. The van der Waals surface area contributed by atoms with Gasteiger partial charge >= 0.3 is 12.1 Å². The summed E-state index contributed by atoms with van der Waals surface area (Å²) in [4.78, 5) is 22.2. The van der Waals surface area contributed by atoms with Gasteiger partial charge in [0.2, 0.25) is 0 Å². The van der Waals surface area contributed by atoms with Gasteiger partial charge in [-0.2, -0.15) is 0 Å². The second-order valence-corrected chi connectivity index (χ2v) is 5.95. The molecule has 1 rings (SSSR count). The maximum absolute atomic E-state index is 11.6. The van der Waals surface area contributed by atoms with Crippen LogP contribution in [0.25, 0.3) is 0 Å². The van der Waals surface area contributed by atoms with E-state index in [1.807, 2.05) is 0 Å². The van der Waals surface area contributed by atoms with Crippen LogP contribution in [0.3, 0.4) is 0 Å². The van der Waals surface area contributed by atoms with Crippen LogP contribution in [0, 0.1) is 5.92 Å². The van der Waals surface area contributed by atoms with Crippen LogP contribution < -0.4 is 5.32 Å². The highest BCUT2D eigenvalue weighted by molar-refractivity contribution is 5.69. The molecule has 0 radical (unpaired) electrons. The zero-order valence-electron chi connectivity index (χ0n) is 11.4. The minimum Gasteiger partial charge on any atom is -0.481 e. The minimum absolute atomic E-state index is 0.0766. The number of alkyl carbamates (subject to hydrolysis) is 1. The number of carbonyl (C=O) groups excluding carboxylic acids is 1. The molecule has 5 nitrogen and oxygen atoms in total. The van der Waals surface area contributed by atoms with E-state index in [1.165, 1.54) is 12.8 Å². The van der Waals surface area contributed by atoms with E-state index < -0.39 is 17.7 Å². The second-order valence-electron chi connectivity index (χ2n) is 5.95. The lowest BCUT2D eigenvalue weighted by Gasteiger charge is -2.23. The number of aliphatic carboxylic acids is 1. The van der Waals surface area contributed by atoms with E-state index in [0.717, 1.165) is 6.42 Å². The largest absolute Gasteiger partial charge is 0.481 e. The van der Waals surface area contributed by atoms with Gasteiger partial charge in [0.1, 0.15) is 5.60 Å². The molecule has 1 aliphatic carbocycles. The number of carboxylic acid groups (broad SMARTS) is 1. The van der Waals surface area contributed by atoms with Crippen molar-refractivity contribution in [1.29, 1.82) is 0 Å². The lowest BCUT2D eigenvalue weighted by atomic mass is 10.1. The number of carboxylic acids is 1. The van der Waals surface area contributed by atoms with Crippen LogP contribution in [0.4, 0.5) is 4.79 Å². The number of hydrogen-bond acceptors (Lipinski definition) is 3. The van der Waals surface area contributed by atoms with Crippen LogP contribution in [0.1, 0.15) is 52.9 Å². The zero-order valence-corrected chi connectivity index (χ0v) is 11.4. The summed E-state index contributed by atoms with van der Waals surface area (Å²) >= 11 is 0. The molecular weight excluding hydrogens is 234 g/mol. The topological polar surface area (TPSA) is 75.6 Å². The van der Waals surface area contributed by atoms with E-state index >= 15 is 0 Å². The highest BCUT2D eigenvalue weighted by atomic mass is 16.6. The van der Waals surface area contributed by atoms with E-state index in [9.17, 15) is 9.59 Å². The first-order chi connectivity index (χ1) is 8.26. The van der Waals surface area contributed by atoms with Gasteiger partial charge in [0.05, 0.1) is 0 Å². The molecule has 1 atom stereocenters. The molecule has 1 unspecified atom stereocenters. The third kappa shape index (κ3) is 7.14. The van der Waals surface area contributed by atoms with Crippen molar-refractivity contribution in [2.45, 2.75) is 64.5 Å². The fraction of sp³-hybridized carbons (Fsp3) is 0.846. The summed E-state index contributed by atoms with van der Waals surface area (Å²) in [6, 6.07) is -0.0940. The van der Waals surface area contributed by atoms with Gasteiger partial charge < -0.3 is 15.2 Å². The smallest absolute Gasteiger partial charge is 0.407 e. The number of nitrogens with one attached hydrogen (secondary N) is 1. The molecular formula is C13H23NO4. The summed E-state index contributed by atoms with van der Waals surface area (Å²) in [5.74, 6) is -0.194. The Balaban J connectivity index is 2.38. The van der Waals surface area contributed by atoms with Crippen molar-refractivity contribution in [3.8, 4) is 0 Å². The van der Waals surface area contributed by atoms with Crippen LogP contribution in [0.15, 0.2) is 0 Å². The second kappa shape index (κ2) is 6.07. The average molecular weight is 257 g/mol. The van der Waals surface area contributed by atoms with Gasteiger partial charge in [0.15, 0.2) is 0 Å². The molecule has 1 aliphatic rings. The Morgan fingerprint density at radius 2 is 2.00 bits per heavy atom. The molecule has 0 spiro atoms. The number of hydrogen-bond donors (Lipinski definition) is 2. The molecule has 1 fully saturated rings. The van der Waals surface area contributed by atoms with Crippen LogP contribution in [0.5, 0.6) is 0 Å². The normalized spacial score (nSPS) is 17.1. The number of ether oxygens (including phenoxy) is 1. The third-order valence-electron chi connectivity index (χ3n) is 2.74. The molecule has 18 heavy (non-hydrogen) atoms. The minimum atomic E-state index is -0.832. The van der Waals surface area contributed by atoms with Crippen LogP contribution >= 0.6 is 0 Å². The number of amides is 1. The fourth-order valence-corrected chi connectivity index (χ4v) is 1.78. The molecule has 2 N–H and O–H groups in total. The van der Waals surface area contributed by atoms with Gasteiger partial charge in [0.25, 0.3) is 0 Å². The Bertz CT molecular complexity index is 305. The van der Waals surface area contributed by atoms with E-state index in [1.54, 1.807) is 20.8 Å². The van der Waals surface area contributed by atoms with E-state index in [2.05, 4.69) is 5.32 Å². The summed E-state index contributed by atoms with van der Waals surface area (Å²) in [5.41, 5.74) is -0.527. The van der Waals surface area contributed by atoms with Gasteiger partial charge in [-0.3, -0.25) is 4.79 Å². The monoisotopic (exact) mass is 257 g/mol. The predicted octanol–water partition coefficient (Wildman–Crippen LogP) is 2.54. The summed E-state index contributed by atoms with van der Waals surface area (Å²) < 4.78 is 5.18. The molecule has 1 amide bonds. The van der Waals surface area contributed by atoms with Crippen LogP contribution in [-0.2, 0) is 9.53 Å². The molecule has 104 valence electrons. The Hall–Kier alpha value is -1.26. The average Bonchev–Trinajstić information content (AvgIpc) is 2.94. The standard InChI is InChI=1S/C13H23NO4/c1-13(2,3)18-12(17)14-10(6-7-11(15)16)8-9-4-5-9/h9-10H,4-8H2,1-3H3,(H,14,17)(H,15,16). The van der Waals surface area contributed by atoms with Crippen molar-refractivity contribution in [3.05, 3.63) is 0 Å². The molecule has 0 aromatic carbocycles. The van der Waals surface area contributed by atoms with Gasteiger partial charge in [-0.05, 0) is 39.5 Å². The van der Waals surface area contributed by atoms with Gasteiger partial charge in [-0.25, -0.2) is 4.79 Å². The molecule has 0 saturated heterocycles. The fourth-order valence-electron chi connectivity index (χ4n) is 1.78. The van der Waals surface area contributed by atoms with Crippen molar-refractivity contribution < 1.29 is 19.4 Å². The van der Waals surface area contributed by atoms with Crippen LogP contribution in [-0.4, -0.2) is 28.8 Å². The molecule has 5 heteroatoms. The highest BCUT2D eigenvalue weighted by Crippen LogP contribution is 2.34. The number of rotatable bonds is 6. The van der Waals surface area contributed by atoms with Gasteiger partial charge in [-0.1, -0.05) is 12.8 Å². The first kappa shape index (κ1) is 14.8. The van der Waals surface area contributed by atoms with Gasteiger partial charge in [0, 0.05) is 12.5 Å². The predicted molar refractivity (Wildman–Crippen MR) is 67.4 cm³/mol. The van der Waals surface area contributed by atoms with Crippen molar-refractivity contribution in [2.24, 2.45) is 5.92 Å². The van der Waals surface area contributed by atoms with Gasteiger partial charge in [-0.15, -0.1) is 0 Å². The molecule has 0 aromatic rings. The Morgan fingerprint density at radius 1 is 1.39 bits per heavy atom. The van der Waals surface area contributed by atoms with Crippen molar-refractivity contribution in [1.82, 2.24) is 5.32 Å². The van der Waals surface area contributed by atoms with Crippen molar-refractivity contribution in [3.63, 3.8) is 0 Å². The number of carbonyl (C=O) groups is 2. The maximum Gasteiger partial charge on any atom is 0.407 e. The quantitative estimate of drug-likeness (QED) is 0.766. The SMILES string of the molecule is CC(C)(C)OC(=O)NC(CCC(=O)O)CC1CC1. The zero-order chi connectivity index (χ0) is 13.8. The maximum atomic E-state index is 11.6. The molecule has 0 aliphatic heterocycles. The third-order valence-corrected chi connectivity index (χ3v) is 2.74. The van der Waals surface area contributed by atoms with E-state index in [0.29, 0.717) is 12.3 Å². The van der Waals surface area contributed by atoms with E-state index in [-0.39, 0.29) is 12.5 Å². The first-order valence-corrected chi connectivity index (χ1v) is 6.47. The molecule has 1 saturated carbocycles. The Labute approximate surface area is 108 Å². The molecule has 0 heterocycles. The summed E-state index contributed by atoms with van der Waals surface area (Å²) in [6.07, 6.45) is 3.29. The summed E-state index contributed by atoms with van der Waals surface area (Å²) in [5, 5.41) is 11.5. The van der Waals surface area contributed by atoms with E-state index in [4.69, 9.17) is 9.84 Å². The lowest BCUT2D eigenvalue weighted by Crippen LogP contribution is -2.39. The highest BCUT2D eigenvalue weighted by Gasteiger charge is 2.27. The molecule has 0 aromatic heterocycles. The lowest BCUT2D eigenvalue weighted by molar-refractivity contribution is -0.137.